The van der Waals surface area contributed by atoms with E-state index in [9.17, 15) is 0 Å². The Bertz CT molecular complexity index is 432. The van der Waals surface area contributed by atoms with Gasteiger partial charge in [0, 0.05) is 10.6 Å². The van der Waals surface area contributed by atoms with E-state index in [0.717, 1.165) is 23.4 Å². The largest absolute Gasteiger partial charge is 0.321 e. The molecule has 0 aliphatic heterocycles. The molecule has 1 aliphatic carbocycles. The lowest BCUT2D eigenvalue weighted by Crippen LogP contribution is -2.50. The lowest BCUT2D eigenvalue weighted by molar-refractivity contribution is 0.0471. The van der Waals surface area contributed by atoms with Crippen LogP contribution in [0.5, 0.6) is 0 Å². The van der Waals surface area contributed by atoms with Gasteiger partial charge in [-0.05, 0) is 41.7 Å². The molecule has 1 nitrogen and oxygen atoms in total. The van der Waals surface area contributed by atoms with Crippen molar-refractivity contribution in [3.63, 3.8) is 0 Å². The van der Waals surface area contributed by atoms with E-state index in [0.29, 0.717) is 0 Å². The molecule has 18 heavy (non-hydrogen) atoms. The summed E-state index contributed by atoms with van der Waals surface area (Å²) in [7, 11) is 0. The smallest absolute Gasteiger partial charge is 0.0456 e. The fourth-order valence-electron chi connectivity index (χ4n) is 4.25. The van der Waals surface area contributed by atoms with Crippen molar-refractivity contribution in [1.29, 1.82) is 0 Å². The number of rotatable bonds is 1. The summed E-state index contributed by atoms with van der Waals surface area (Å²) in [6.07, 6.45) is 3.20. The summed E-state index contributed by atoms with van der Waals surface area (Å²) in [6, 6.07) is 8.03. The molecule has 1 aromatic rings. The first-order valence-corrected chi connectivity index (χ1v) is 7.05. The molecule has 0 heterocycles. The minimum Gasteiger partial charge on any atom is -0.321 e. The monoisotopic (exact) mass is 265 g/mol. The molecule has 0 saturated heterocycles. The van der Waals surface area contributed by atoms with Crippen LogP contribution in [0.1, 0.15) is 52.5 Å². The highest BCUT2D eigenvalue weighted by Gasteiger charge is 2.46. The van der Waals surface area contributed by atoms with Crippen molar-refractivity contribution in [2.24, 2.45) is 16.6 Å². The van der Waals surface area contributed by atoms with Crippen LogP contribution < -0.4 is 5.73 Å². The first kappa shape index (κ1) is 13.9. The number of nitrogens with two attached hydrogens (primary N) is 1. The Kier molecular flexibility index (Phi) is 3.28. The van der Waals surface area contributed by atoms with Gasteiger partial charge in [-0.3, -0.25) is 0 Å². The highest BCUT2D eigenvalue weighted by molar-refractivity contribution is 6.31. The molecule has 0 spiro atoms. The Morgan fingerprint density at radius 1 is 0.944 bits per heavy atom. The Hall–Kier alpha value is -0.530. The normalized spacial score (nSPS) is 24.8. The van der Waals surface area contributed by atoms with Gasteiger partial charge in [0.2, 0.25) is 0 Å². The molecule has 0 radical (unpaired) electrons. The number of hydrogen-bond acceptors (Lipinski definition) is 1. The minimum atomic E-state index is -0.302. The quantitative estimate of drug-likeness (QED) is 0.780. The van der Waals surface area contributed by atoms with Crippen molar-refractivity contribution in [1.82, 2.24) is 0 Å². The predicted molar refractivity (Wildman–Crippen MR) is 78.7 cm³/mol. The van der Waals surface area contributed by atoms with Gasteiger partial charge in [0.1, 0.15) is 0 Å². The number of benzene rings is 1. The Labute approximate surface area is 116 Å². The highest BCUT2D eigenvalue weighted by atomic mass is 35.5. The van der Waals surface area contributed by atoms with Crippen LogP contribution in [0.4, 0.5) is 0 Å². The van der Waals surface area contributed by atoms with E-state index in [1.807, 2.05) is 18.2 Å². The summed E-state index contributed by atoms with van der Waals surface area (Å²) in [5.74, 6) is 0. The molecule has 2 N–H and O–H groups in total. The standard InChI is InChI=1S/C16H24ClN/c1-14(2)9-15(3,4)11-16(18,10-14)12-7-5-6-8-13(12)17/h5-8H,9-11,18H2,1-4H3. The lowest BCUT2D eigenvalue weighted by atomic mass is 9.57. The van der Waals surface area contributed by atoms with Crippen LogP contribution in [-0.4, -0.2) is 0 Å². The Morgan fingerprint density at radius 3 is 1.94 bits per heavy atom. The molecular weight excluding hydrogens is 242 g/mol. The number of hydrogen-bond donors (Lipinski definition) is 1. The lowest BCUT2D eigenvalue weighted by Gasteiger charge is -2.51. The van der Waals surface area contributed by atoms with Gasteiger partial charge < -0.3 is 5.73 Å². The minimum absolute atomic E-state index is 0.260. The van der Waals surface area contributed by atoms with Crippen molar-refractivity contribution in [2.45, 2.75) is 52.5 Å². The highest BCUT2D eigenvalue weighted by Crippen LogP contribution is 2.53. The van der Waals surface area contributed by atoms with E-state index < -0.39 is 0 Å². The van der Waals surface area contributed by atoms with Crippen molar-refractivity contribution < 1.29 is 0 Å². The molecule has 0 unspecified atom stereocenters. The van der Waals surface area contributed by atoms with Gasteiger partial charge in [0.15, 0.2) is 0 Å². The summed E-state index contributed by atoms with van der Waals surface area (Å²) in [5.41, 5.74) is 8.07. The molecule has 0 amide bonds. The molecule has 1 aromatic carbocycles. The topological polar surface area (TPSA) is 26.0 Å². The summed E-state index contributed by atoms with van der Waals surface area (Å²) in [4.78, 5) is 0. The molecule has 1 fully saturated rings. The van der Waals surface area contributed by atoms with Crippen molar-refractivity contribution in [3.8, 4) is 0 Å². The third-order valence-electron chi connectivity index (χ3n) is 3.96. The first-order valence-electron chi connectivity index (χ1n) is 6.68. The second-order valence-corrected chi connectivity index (χ2v) is 7.90. The van der Waals surface area contributed by atoms with Gasteiger partial charge >= 0.3 is 0 Å². The molecule has 0 bridgehead atoms. The summed E-state index contributed by atoms with van der Waals surface area (Å²) >= 11 is 6.35. The van der Waals surface area contributed by atoms with Crippen LogP contribution in [-0.2, 0) is 5.54 Å². The van der Waals surface area contributed by atoms with E-state index in [-0.39, 0.29) is 16.4 Å². The third kappa shape index (κ3) is 2.73. The zero-order valence-corrected chi connectivity index (χ0v) is 12.6. The zero-order valence-electron chi connectivity index (χ0n) is 11.9. The molecule has 2 heteroatoms. The molecule has 0 aromatic heterocycles. The van der Waals surface area contributed by atoms with Gasteiger partial charge in [-0.1, -0.05) is 57.5 Å². The summed E-state index contributed by atoms with van der Waals surface area (Å²) < 4.78 is 0. The maximum atomic E-state index is 6.75. The molecule has 0 atom stereocenters. The van der Waals surface area contributed by atoms with Crippen LogP contribution in [0.15, 0.2) is 24.3 Å². The van der Waals surface area contributed by atoms with Gasteiger partial charge in [0.25, 0.3) is 0 Å². The van der Waals surface area contributed by atoms with Crippen LogP contribution in [0, 0.1) is 10.8 Å². The summed E-state index contributed by atoms with van der Waals surface area (Å²) in [5, 5.41) is 0.800. The maximum Gasteiger partial charge on any atom is 0.0456 e. The van der Waals surface area contributed by atoms with Crippen LogP contribution in [0.3, 0.4) is 0 Å². The second kappa shape index (κ2) is 4.25. The second-order valence-electron chi connectivity index (χ2n) is 7.49. The fourth-order valence-corrected chi connectivity index (χ4v) is 4.57. The van der Waals surface area contributed by atoms with E-state index in [2.05, 4.69) is 33.8 Å². The van der Waals surface area contributed by atoms with Crippen molar-refractivity contribution in [2.75, 3.05) is 0 Å². The zero-order chi connectivity index (χ0) is 13.6. The first-order chi connectivity index (χ1) is 8.14. The van der Waals surface area contributed by atoms with Crippen LogP contribution in [0.25, 0.3) is 0 Å². The molecule has 1 saturated carbocycles. The van der Waals surface area contributed by atoms with Crippen molar-refractivity contribution in [3.05, 3.63) is 34.9 Å². The number of halogens is 1. The van der Waals surface area contributed by atoms with E-state index in [1.54, 1.807) is 0 Å². The molecule has 2 rings (SSSR count). The van der Waals surface area contributed by atoms with E-state index in [4.69, 9.17) is 17.3 Å². The molecule has 1 aliphatic rings. The predicted octanol–water partition coefficient (Wildman–Crippen LogP) is 4.73. The van der Waals surface area contributed by atoms with E-state index in [1.165, 1.54) is 6.42 Å². The third-order valence-corrected chi connectivity index (χ3v) is 4.28. The molecular formula is C16H24ClN. The van der Waals surface area contributed by atoms with E-state index >= 15 is 0 Å². The van der Waals surface area contributed by atoms with Gasteiger partial charge in [-0.15, -0.1) is 0 Å². The fraction of sp³-hybridized carbons (Fsp3) is 0.625. The van der Waals surface area contributed by atoms with Gasteiger partial charge in [-0.25, -0.2) is 0 Å². The Morgan fingerprint density at radius 2 is 1.44 bits per heavy atom. The SMILES string of the molecule is CC1(C)CC(C)(C)CC(N)(c2ccccc2Cl)C1. The average molecular weight is 266 g/mol. The Balaban J connectivity index is 2.45. The van der Waals surface area contributed by atoms with Gasteiger partial charge in [0.05, 0.1) is 0 Å². The maximum absolute atomic E-state index is 6.75. The van der Waals surface area contributed by atoms with Crippen molar-refractivity contribution >= 4 is 11.6 Å². The summed E-state index contributed by atoms with van der Waals surface area (Å²) in [6.45, 7) is 9.25. The van der Waals surface area contributed by atoms with Crippen LogP contribution in [0.2, 0.25) is 5.02 Å². The van der Waals surface area contributed by atoms with Crippen LogP contribution >= 0.6 is 11.6 Å². The van der Waals surface area contributed by atoms with Gasteiger partial charge in [-0.2, -0.15) is 0 Å². The molecule has 100 valence electrons. The average Bonchev–Trinajstić information content (AvgIpc) is 2.11.